The van der Waals surface area contributed by atoms with Gasteiger partial charge in [0.15, 0.2) is 11.8 Å². The number of nitrogens with zero attached hydrogens (tertiary/aromatic N) is 3. The van der Waals surface area contributed by atoms with Crippen molar-refractivity contribution in [3.63, 3.8) is 0 Å². The number of amidine groups is 1. The number of hydrogen-bond acceptors (Lipinski definition) is 4. The van der Waals surface area contributed by atoms with Crippen LogP contribution < -0.4 is 9.64 Å². The first-order valence-corrected chi connectivity index (χ1v) is 10.1. The molecular weight excluding hydrogens is 444 g/mol. The van der Waals surface area contributed by atoms with Crippen LogP contribution in [0.2, 0.25) is 0 Å². The summed E-state index contributed by atoms with van der Waals surface area (Å²) in [5, 5.41) is 0.266. The van der Waals surface area contributed by atoms with E-state index < -0.39 is 25.5 Å². The van der Waals surface area contributed by atoms with Crippen LogP contribution in [0.1, 0.15) is 5.56 Å². The number of thioether (sulfide) groups is 1. The predicted octanol–water partition coefficient (Wildman–Crippen LogP) is 5.52. The van der Waals surface area contributed by atoms with Gasteiger partial charge in [-0.1, -0.05) is 42.1 Å². The average molecular weight is 463 g/mol. The van der Waals surface area contributed by atoms with Crippen molar-refractivity contribution in [1.82, 2.24) is 4.90 Å². The van der Waals surface area contributed by atoms with Gasteiger partial charge in [-0.3, -0.25) is 4.99 Å². The van der Waals surface area contributed by atoms with Crippen molar-refractivity contribution in [2.75, 3.05) is 30.6 Å². The Kier molecular flexibility index (Phi) is 7.24. The van der Waals surface area contributed by atoms with Gasteiger partial charge in [0.25, 0.3) is 0 Å². The van der Waals surface area contributed by atoms with Crippen LogP contribution in [-0.4, -0.2) is 48.1 Å². The lowest BCUT2D eigenvalue weighted by atomic mass is 10.2. The molecule has 0 aromatic heterocycles. The Balaban J connectivity index is 1.72. The Morgan fingerprint density at radius 3 is 2.19 bits per heavy atom. The maximum atomic E-state index is 12.7. The molecule has 0 spiro atoms. The van der Waals surface area contributed by atoms with Crippen molar-refractivity contribution in [3.05, 3.63) is 60.2 Å². The molecule has 0 saturated carbocycles. The van der Waals surface area contributed by atoms with Crippen molar-refractivity contribution in [2.45, 2.75) is 18.9 Å². The molecule has 168 valence electrons. The van der Waals surface area contributed by atoms with E-state index in [9.17, 15) is 26.3 Å². The van der Waals surface area contributed by atoms with Gasteiger partial charge in [-0.05, 0) is 29.8 Å². The first kappa shape index (κ1) is 23.1. The van der Waals surface area contributed by atoms with Crippen LogP contribution in [0.25, 0.3) is 0 Å². The monoisotopic (exact) mass is 463 g/mol. The Labute approximate surface area is 179 Å². The van der Waals surface area contributed by atoms with Gasteiger partial charge in [0, 0.05) is 12.2 Å². The third-order valence-electron chi connectivity index (χ3n) is 4.18. The van der Waals surface area contributed by atoms with E-state index in [-0.39, 0.29) is 17.5 Å². The van der Waals surface area contributed by atoms with Crippen molar-refractivity contribution >= 4 is 22.6 Å². The summed E-state index contributed by atoms with van der Waals surface area (Å²) in [5.74, 6) is 0.507. The van der Waals surface area contributed by atoms with Crippen molar-refractivity contribution in [3.8, 4) is 5.75 Å². The average Bonchev–Trinajstić information content (AvgIpc) is 2.72. The highest BCUT2D eigenvalue weighted by Gasteiger charge is 2.30. The largest absolute Gasteiger partial charge is 0.484 e. The number of aliphatic imine (C=N–C) groups is 1. The molecule has 0 aliphatic carbocycles. The fourth-order valence-corrected chi connectivity index (χ4v) is 3.79. The lowest BCUT2D eigenvalue weighted by Gasteiger charge is -2.38. The maximum absolute atomic E-state index is 12.7. The van der Waals surface area contributed by atoms with E-state index in [2.05, 4.69) is 9.73 Å². The number of anilines is 1. The van der Waals surface area contributed by atoms with Gasteiger partial charge in [-0.25, -0.2) is 0 Å². The number of alkyl halides is 6. The zero-order valence-electron chi connectivity index (χ0n) is 16.2. The molecular formula is C20H19F6N3OS. The fraction of sp³-hybridized carbons (Fsp3) is 0.350. The first-order chi connectivity index (χ1) is 14.6. The number of rotatable bonds is 6. The first-order valence-electron chi connectivity index (χ1n) is 9.16. The normalized spacial score (nSPS) is 16.6. The number of benzene rings is 2. The van der Waals surface area contributed by atoms with Crippen LogP contribution in [0.3, 0.4) is 0 Å². The van der Waals surface area contributed by atoms with Gasteiger partial charge in [-0.2, -0.15) is 26.3 Å². The summed E-state index contributed by atoms with van der Waals surface area (Å²) in [4.78, 5) is 7.44. The SMILES string of the molecule is FC(F)(F)CN=C1SCN(c2ccccc2)CN1Cc1ccc(OCC(F)(F)F)cc1. The summed E-state index contributed by atoms with van der Waals surface area (Å²) >= 11 is 1.20. The quantitative estimate of drug-likeness (QED) is 0.528. The number of para-hydroxylation sites is 1. The van der Waals surface area contributed by atoms with Crippen LogP contribution in [-0.2, 0) is 6.54 Å². The molecule has 1 saturated heterocycles. The molecule has 0 unspecified atom stereocenters. The predicted molar refractivity (Wildman–Crippen MR) is 108 cm³/mol. The van der Waals surface area contributed by atoms with Gasteiger partial charge in [0.2, 0.25) is 0 Å². The van der Waals surface area contributed by atoms with Crippen molar-refractivity contribution < 1.29 is 31.1 Å². The van der Waals surface area contributed by atoms with Gasteiger partial charge in [-0.15, -0.1) is 0 Å². The molecule has 31 heavy (non-hydrogen) atoms. The number of ether oxygens (including phenoxy) is 1. The highest BCUT2D eigenvalue weighted by Crippen LogP contribution is 2.27. The van der Waals surface area contributed by atoms with E-state index in [0.29, 0.717) is 18.1 Å². The number of hydrogen-bond donors (Lipinski definition) is 0. The Bertz CT molecular complexity index is 871. The van der Waals surface area contributed by atoms with E-state index in [4.69, 9.17) is 0 Å². The minimum Gasteiger partial charge on any atom is -0.484 e. The summed E-state index contributed by atoms with van der Waals surface area (Å²) in [6.07, 6.45) is -8.85. The molecule has 11 heteroatoms. The molecule has 0 bridgehead atoms. The smallest absolute Gasteiger partial charge is 0.422 e. The number of halogens is 6. The summed E-state index contributed by atoms with van der Waals surface area (Å²) in [5.41, 5.74) is 1.63. The molecule has 0 radical (unpaired) electrons. The van der Waals surface area contributed by atoms with E-state index in [1.165, 1.54) is 23.9 Å². The van der Waals surface area contributed by atoms with E-state index in [1.807, 2.05) is 35.2 Å². The molecule has 1 aliphatic rings. The Morgan fingerprint density at radius 1 is 0.903 bits per heavy atom. The van der Waals surface area contributed by atoms with Gasteiger partial charge < -0.3 is 14.5 Å². The second-order valence-corrected chi connectivity index (χ2v) is 7.66. The summed E-state index contributed by atoms with van der Waals surface area (Å²) < 4.78 is 79.5. The van der Waals surface area contributed by atoms with E-state index in [1.54, 1.807) is 17.0 Å². The minimum atomic E-state index is -4.44. The molecule has 0 N–H and O–H groups in total. The second-order valence-electron chi connectivity index (χ2n) is 6.75. The van der Waals surface area contributed by atoms with Crippen molar-refractivity contribution in [1.29, 1.82) is 0 Å². The summed E-state index contributed by atoms with van der Waals surface area (Å²) in [7, 11) is 0. The van der Waals surface area contributed by atoms with Gasteiger partial charge in [0.05, 0.1) is 12.5 Å². The Hall–Kier alpha value is -2.56. The van der Waals surface area contributed by atoms with Crippen LogP contribution in [0.4, 0.5) is 32.0 Å². The fourth-order valence-electron chi connectivity index (χ4n) is 2.83. The van der Waals surface area contributed by atoms with Crippen LogP contribution >= 0.6 is 11.8 Å². The highest BCUT2D eigenvalue weighted by atomic mass is 32.2. The summed E-state index contributed by atoms with van der Waals surface area (Å²) in [6.45, 7) is -2.11. The van der Waals surface area contributed by atoms with Crippen LogP contribution in [0.15, 0.2) is 59.6 Å². The highest BCUT2D eigenvalue weighted by molar-refractivity contribution is 8.13. The molecule has 2 aromatic rings. The third-order valence-corrected chi connectivity index (χ3v) is 5.26. The molecule has 2 aromatic carbocycles. The second kappa shape index (κ2) is 9.71. The Morgan fingerprint density at radius 2 is 1.58 bits per heavy atom. The zero-order valence-corrected chi connectivity index (χ0v) is 17.0. The van der Waals surface area contributed by atoms with Crippen LogP contribution in [0.5, 0.6) is 5.75 Å². The lowest BCUT2D eigenvalue weighted by molar-refractivity contribution is -0.153. The zero-order chi connectivity index (χ0) is 22.5. The minimum absolute atomic E-state index is 0.0611. The molecule has 1 aliphatic heterocycles. The van der Waals surface area contributed by atoms with E-state index >= 15 is 0 Å². The van der Waals surface area contributed by atoms with E-state index in [0.717, 1.165) is 5.69 Å². The third kappa shape index (κ3) is 7.57. The van der Waals surface area contributed by atoms with Gasteiger partial charge >= 0.3 is 12.4 Å². The molecule has 0 atom stereocenters. The standard InChI is InChI=1S/C20H19F6N3OS/c21-19(22,23)11-27-18-28(13-29(14-31-18)16-4-2-1-3-5-16)10-15-6-8-17(9-7-15)30-12-20(24,25)26/h1-9H,10-14H2. The molecule has 3 rings (SSSR count). The van der Waals surface area contributed by atoms with Crippen molar-refractivity contribution in [2.24, 2.45) is 4.99 Å². The maximum Gasteiger partial charge on any atom is 0.422 e. The topological polar surface area (TPSA) is 28.1 Å². The van der Waals surface area contributed by atoms with Crippen LogP contribution in [0, 0.1) is 0 Å². The molecule has 1 heterocycles. The molecule has 1 fully saturated rings. The summed E-state index contributed by atoms with van der Waals surface area (Å²) in [6, 6.07) is 15.4. The molecule has 4 nitrogen and oxygen atoms in total. The lowest BCUT2D eigenvalue weighted by Crippen LogP contribution is -2.45. The van der Waals surface area contributed by atoms with Gasteiger partial charge in [0.1, 0.15) is 12.3 Å². The molecule has 0 amide bonds.